The lowest BCUT2D eigenvalue weighted by Crippen LogP contribution is -2.47. The summed E-state index contributed by atoms with van der Waals surface area (Å²) in [5.41, 5.74) is 2.31. The molecule has 1 spiro atoms. The number of piperidine rings is 1. The minimum Gasteiger partial charge on any atom is -0.373 e. The second-order valence-electron chi connectivity index (χ2n) is 9.60. The van der Waals surface area contributed by atoms with Gasteiger partial charge < -0.3 is 15.4 Å². The van der Waals surface area contributed by atoms with Gasteiger partial charge in [0.2, 0.25) is 5.91 Å². The van der Waals surface area contributed by atoms with Crippen molar-refractivity contribution in [2.24, 2.45) is 0 Å². The molecule has 170 valence electrons. The van der Waals surface area contributed by atoms with E-state index in [9.17, 15) is 9.18 Å². The van der Waals surface area contributed by atoms with E-state index in [1.165, 1.54) is 24.1 Å². The van der Waals surface area contributed by atoms with Crippen LogP contribution in [0.5, 0.6) is 0 Å². The Labute approximate surface area is 189 Å². The largest absolute Gasteiger partial charge is 0.373 e. The summed E-state index contributed by atoms with van der Waals surface area (Å²) >= 11 is 0. The van der Waals surface area contributed by atoms with Gasteiger partial charge in [-0.25, -0.2) is 4.39 Å². The van der Waals surface area contributed by atoms with Crippen molar-refractivity contribution >= 4 is 5.91 Å². The minimum atomic E-state index is -0.262. The summed E-state index contributed by atoms with van der Waals surface area (Å²) in [6.07, 6.45) is 4.23. The number of halogens is 1. The number of likely N-dealkylation sites (tertiary alicyclic amines) is 1. The van der Waals surface area contributed by atoms with Gasteiger partial charge in [-0.05, 0) is 48.9 Å². The van der Waals surface area contributed by atoms with Crippen molar-refractivity contribution < 1.29 is 13.9 Å². The number of benzene rings is 2. The van der Waals surface area contributed by atoms with Gasteiger partial charge in [0.15, 0.2) is 0 Å². The van der Waals surface area contributed by atoms with Crippen LogP contribution in [0.1, 0.15) is 42.7 Å². The van der Waals surface area contributed by atoms with E-state index in [1.807, 2.05) is 0 Å². The molecule has 0 bridgehead atoms. The molecule has 5 nitrogen and oxygen atoms in total. The zero-order valence-corrected chi connectivity index (χ0v) is 18.4. The van der Waals surface area contributed by atoms with Gasteiger partial charge in [-0.15, -0.1) is 0 Å². The van der Waals surface area contributed by atoms with Crippen molar-refractivity contribution in [3.8, 4) is 0 Å². The molecule has 2 aromatic rings. The zero-order chi connectivity index (χ0) is 22.0. The van der Waals surface area contributed by atoms with Crippen LogP contribution in [0.3, 0.4) is 0 Å². The highest BCUT2D eigenvalue weighted by Gasteiger charge is 2.46. The monoisotopic (exact) mass is 437 g/mol. The number of hydrogen-bond acceptors (Lipinski definition) is 4. The van der Waals surface area contributed by atoms with E-state index in [1.54, 1.807) is 12.1 Å². The third-order valence-electron chi connectivity index (χ3n) is 7.21. The highest BCUT2D eigenvalue weighted by atomic mass is 19.1. The summed E-state index contributed by atoms with van der Waals surface area (Å²) in [5.74, 6) is 0.392. The summed E-state index contributed by atoms with van der Waals surface area (Å²) in [6, 6.07) is 18.0. The first-order valence-electron chi connectivity index (χ1n) is 11.8. The van der Waals surface area contributed by atoms with Crippen LogP contribution in [0.4, 0.5) is 4.39 Å². The Morgan fingerprint density at radius 3 is 2.59 bits per heavy atom. The summed E-state index contributed by atoms with van der Waals surface area (Å²) in [7, 11) is 0. The number of carbonyl (C=O) groups is 1. The molecule has 2 N–H and O–H groups in total. The molecule has 0 radical (unpaired) electrons. The van der Waals surface area contributed by atoms with Gasteiger partial charge in [0, 0.05) is 37.6 Å². The summed E-state index contributed by atoms with van der Waals surface area (Å²) in [6.45, 7) is 3.38. The van der Waals surface area contributed by atoms with Gasteiger partial charge in [-0.3, -0.25) is 9.69 Å². The van der Waals surface area contributed by atoms with Gasteiger partial charge in [-0.1, -0.05) is 42.5 Å². The molecule has 2 aliphatic heterocycles. The van der Waals surface area contributed by atoms with Crippen molar-refractivity contribution in [1.29, 1.82) is 0 Å². The molecule has 1 unspecified atom stereocenters. The lowest BCUT2D eigenvalue weighted by atomic mass is 9.87. The molecule has 2 heterocycles. The van der Waals surface area contributed by atoms with Crippen LogP contribution in [-0.4, -0.2) is 54.7 Å². The third kappa shape index (κ3) is 5.20. The van der Waals surface area contributed by atoms with Crippen LogP contribution in [0.2, 0.25) is 0 Å². The van der Waals surface area contributed by atoms with Crippen LogP contribution >= 0.6 is 0 Å². The van der Waals surface area contributed by atoms with E-state index in [2.05, 4.69) is 45.9 Å². The average molecular weight is 438 g/mol. The number of nitrogens with one attached hydrogen (secondary N) is 2. The molecule has 2 aromatic carbocycles. The van der Waals surface area contributed by atoms with Gasteiger partial charge in [0.1, 0.15) is 5.82 Å². The molecule has 2 saturated heterocycles. The summed E-state index contributed by atoms with van der Waals surface area (Å²) in [5, 5.41) is 6.76. The molecular formula is C26H32FN3O2. The van der Waals surface area contributed by atoms with Gasteiger partial charge in [0.25, 0.3) is 0 Å². The van der Waals surface area contributed by atoms with E-state index in [0.717, 1.165) is 44.5 Å². The topological polar surface area (TPSA) is 53.6 Å². The van der Waals surface area contributed by atoms with Crippen molar-refractivity contribution in [3.05, 3.63) is 71.5 Å². The number of ether oxygens (including phenoxy) is 1. The van der Waals surface area contributed by atoms with Crippen LogP contribution in [0.25, 0.3) is 0 Å². The van der Waals surface area contributed by atoms with E-state index in [-0.39, 0.29) is 17.3 Å². The number of amides is 1. The Hall–Kier alpha value is -2.28. The lowest BCUT2D eigenvalue weighted by Gasteiger charge is -2.38. The van der Waals surface area contributed by atoms with Crippen LogP contribution < -0.4 is 10.6 Å². The van der Waals surface area contributed by atoms with Crippen molar-refractivity contribution in [1.82, 2.24) is 15.5 Å². The highest BCUT2D eigenvalue weighted by Crippen LogP contribution is 2.43. The average Bonchev–Trinajstić information content (AvgIpc) is 3.48. The smallest absolute Gasteiger partial charge is 0.234 e. The fourth-order valence-corrected chi connectivity index (χ4v) is 5.23. The molecule has 5 rings (SSSR count). The van der Waals surface area contributed by atoms with Gasteiger partial charge >= 0.3 is 0 Å². The quantitative estimate of drug-likeness (QED) is 0.699. The lowest BCUT2D eigenvalue weighted by molar-refractivity contribution is -0.123. The Bertz CT molecular complexity index is 912. The van der Waals surface area contributed by atoms with Crippen molar-refractivity contribution in [3.63, 3.8) is 0 Å². The molecular weight excluding hydrogens is 405 g/mol. The van der Waals surface area contributed by atoms with Gasteiger partial charge in [0.05, 0.1) is 18.8 Å². The molecule has 3 atom stereocenters. The Morgan fingerprint density at radius 2 is 1.84 bits per heavy atom. The third-order valence-corrected chi connectivity index (χ3v) is 7.21. The first kappa shape index (κ1) is 21.6. The van der Waals surface area contributed by atoms with Crippen LogP contribution in [-0.2, 0) is 16.1 Å². The first-order chi connectivity index (χ1) is 15.6. The van der Waals surface area contributed by atoms with Crippen molar-refractivity contribution in [2.45, 2.75) is 55.8 Å². The van der Waals surface area contributed by atoms with Crippen LogP contribution in [0, 0.1) is 5.82 Å². The fraction of sp³-hybridized carbons (Fsp3) is 0.500. The Morgan fingerprint density at radius 1 is 1.09 bits per heavy atom. The Kier molecular flexibility index (Phi) is 6.26. The molecule has 3 fully saturated rings. The highest BCUT2D eigenvalue weighted by molar-refractivity contribution is 5.78. The van der Waals surface area contributed by atoms with E-state index >= 15 is 0 Å². The zero-order valence-electron chi connectivity index (χ0n) is 18.4. The maximum Gasteiger partial charge on any atom is 0.234 e. The maximum atomic E-state index is 13.0. The van der Waals surface area contributed by atoms with E-state index < -0.39 is 0 Å². The fourth-order valence-electron chi connectivity index (χ4n) is 5.23. The summed E-state index contributed by atoms with van der Waals surface area (Å²) in [4.78, 5) is 14.5. The standard InChI is InChI=1S/C26H32FN3O2/c27-21-8-6-19(7-9-21)16-28-25(31)17-30-12-10-26(11-13-30)15-22(18-32-26)29-24-14-23(24)20-4-2-1-3-5-20/h1-9,22-24,29H,10-18H2,(H,28,31)/t22?,23-,24+/m0/s1. The number of hydrogen-bond donors (Lipinski definition) is 2. The first-order valence-corrected chi connectivity index (χ1v) is 11.8. The summed E-state index contributed by atoms with van der Waals surface area (Å²) < 4.78 is 19.3. The molecule has 0 aromatic heterocycles. The molecule has 6 heteroatoms. The van der Waals surface area contributed by atoms with E-state index in [4.69, 9.17) is 4.74 Å². The molecule has 1 amide bonds. The Balaban J connectivity index is 1.02. The van der Waals surface area contributed by atoms with E-state index in [0.29, 0.717) is 31.1 Å². The normalized spacial score (nSPS) is 26.8. The van der Waals surface area contributed by atoms with Crippen molar-refractivity contribution in [2.75, 3.05) is 26.2 Å². The number of nitrogens with zero attached hydrogens (tertiary/aromatic N) is 1. The predicted octanol–water partition coefficient (Wildman–Crippen LogP) is 3.21. The SMILES string of the molecule is O=C(CN1CCC2(CC1)CC(N[C@@H]1C[C@H]1c1ccccc1)CO2)NCc1ccc(F)cc1. The number of carbonyl (C=O) groups excluding carboxylic acids is 1. The van der Waals surface area contributed by atoms with Crippen LogP contribution in [0.15, 0.2) is 54.6 Å². The molecule has 3 aliphatic rings. The minimum absolute atomic E-state index is 0.0119. The molecule has 1 saturated carbocycles. The second-order valence-corrected chi connectivity index (χ2v) is 9.60. The number of rotatable bonds is 7. The maximum absolute atomic E-state index is 13.0. The predicted molar refractivity (Wildman–Crippen MR) is 122 cm³/mol. The van der Waals surface area contributed by atoms with Gasteiger partial charge in [-0.2, -0.15) is 0 Å². The second kappa shape index (κ2) is 9.30. The molecule has 32 heavy (non-hydrogen) atoms. The molecule has 1 aliphatic carbocycles.